The minimum Gasteiger partial charge on any atom is -0.497 e. The van der Waals surface area contributed by atoms with E-state index in [1.165, 1.54) is 11.1 Å². The number of hydrogen-bond acceptors (Lipinski definition) is 3. The summed E-state index contributed by atoms with van der Waals surface area (Å²) >= 11 is 5.64. The van der Waals surface area contributed by atoms with Crippen LogP contribution in [0.3, 0.4) is 0 Å². The van der Waals surface area contributed by atoms with Gasteiger partial charge in [-0.15, -0.1) is 0 Å². The topological polar surface area (TPSA) is 44.8 Å². The van der Waals surface area contributed by atoms with E-state index in [0.29, 0.717) is 18.2 Å². The largest absolute Gasteiger partial charge is 0.497 e. The van der Waals surface area contributed by atoms with Crippen LogP contribution in [0.25, 0.3) is 0 Å². The molecule has 1 fully saturated rings. The number of benzene rings is 2. The van der Waals surface area contributed by atoms with Gasteiger partial charge in [0, 0.05) is 18.8 Å². The normalized spacial score (nSPS) is 18.6. The van der Waals surface area contributed by atoms with Crippen LogP contribution in [0.2, 0.25) is 0 Å². The van der Waals surface area contributed by atoms with Gasteiger partial charge in [0.05, 0.1) is 19.7 Å². The van der Waals surface area contributed by atoms with E-state index in [4.69, 9.17) is 17.0 Å². The molecule has 0 bridgehead atoms. The van der Waals surface area contributed by atoms with Gasteiger partial charge in [0.15, 0.2) is 5.11 Å². The molecular formula is C21H23N3O2S. The predicted molar refractivity (Wildman–Crippen MR) is 110 cm³/mol. The molecule has 2 aliphatic heterocycles. The SMILES string of the molecule is COc1ccc(NC(=S)N2CC(=O)N3CCc4ccccc4[C@@H]3C2)c(C)c1. The van der Waals surface area contributed by atoms with Gasteiger partial charge in [-0.3, -0.25) is 4.79 Å². The lowest BCUT2D eigenvalue weighted by molar-refractivity contribution is -0.138. The molecule has 4 rings (SSSR count). The van der Waals surface area contributed by atoms with Crippen LogP contribution in [0.15, 0.2) is 42.5 Å². The van der Waals surface area contributed by atoms with Crippen LogP contribution in [0.5, 0.6) is 5.75 Å². The summed E-state index contributed by atoms with van der Waals surface area (Å²) in [5.41, 5.74) is 4.55. The third kappa shape index (κ3) is 3.37. The fourth-order valence-corrected chi connectivity index (χ4v) is 4.18. The molecule has 1 amide bonds. The first-order valence-electron chi connectivity index (χ1n) is 9.14. The lowest BCUT2D eigenvalue weighted by Gasteiger charge is -2.45. The molecule has 1 atom stereocenters. The van der Waals surface area contributed by atoms with E-state index >= 15 is 0 Å². The summed E-state index contributed by atoms with van der Waals surface area (Å²) in [5.74, 6) is 0.947. The molecule has 5 nitrogen and oxygen atoms in total. The molecule has 0 saturated carbocycles. The van der Waals surface area contributed by atoms with E-state index in [2.05, 4.69) is 23.5 Å². The van der Waals surface area contributed by atoms with E-state index in [9.17, 15) is 4.79 Å². The Morgan fingerprint density at radius 2 is 2.07 bits per heavy atom. The van der Waals surface area contributed by atoms with Crippen LogP contribution in [0, 0.1) is 6.92 Å². The predicted octanol–water partition coefficient (Wildman–Crippen LogP) is 3.14. The van der Waals surface area contributed by atoms with Crippen molar-refractivity contribution in [1.82, 2.24) is 9.80 Å². The van der Waals surface area contributed by atoms with E-state index in [1.54, 1.807) is 7.11 Å². The third-order valence-corrected chi connectivity index (χ3v) is 5.77. The first kappa shape index (κ1) is 17.8. The molecule has 2 aliphatic rings. The molecule has 6 heteroatoms. The number of nitrogens with one attached hydrogen (secondary N) is 1. The Balaban J connectivity index is 1.53. The maximum Gasteiger partial charge on any atom is 0.242 e. The number of fused-ring (bicyclic) bond motifs is 3. The number of rotatable bonds is 2. The minimum absolute atomic E-state index is 0.0629. The van der Waals surface area contributed by atoms with Crippen LogP contribution < -0.4 is 10.1 Å². The summed E-state index contributed by atoms with van der Waals surface area (Å²) in [4.78, 5) is 16.7. The lowest BCUT2D eigenvalue weighted by atomic mass is 9.91. The Labute approximate surface area is 164 Å². The van der Waals surface area contributed by atoms with E-state index in [1.807, 2.05) is 41.0 Å². The highest BCUT2D eigenvalue weighted by Crippen LogP contribution is 2.33. The Morgan fingerprint density at radius 1 is 1.26 bits per heavy atom. The van der Waals surface area contributed by atoms with Gasteiger partial charge in [0.1, 0.15) is 5.75 Å². The highest BCUT2D eigenvalue weighted by molar-refractivity contribution is 7.80. The molecule has 0 aliphatic carbocycles. The maximum absolute atomic E-state index is 12.7. The average Bonchev–Trinajstić information content (AvgIpc) is 2.69. The minimum atomic E-state index is 0.0629. The van der Waals surface area contributed by atoms with Crippen molar-refractivity contribution in [2.75, 3.05) is 32.1 Å². The molecule has 0 unspecified atom stereocenters. The summed E-state index contributed by atoms with van der Waals surface area (Å²) in [6.45, 7) is 3.82. The molecular weight excluding hydrogens is 358 g/mol. The number of ether oxygens (including phenoxy) is 1. The van der Waals surface area contributed by atoms with Gasteiger partial charge in [-0.05, 0) is 60.5 Å². The first-order valence-corrected chi connectivity index (χ1v) is 9.55. The summed E-state index contributed by atoms with van der Waals surface area (Å²) in [5, 5.41) is 3.89. The summed E-state index contributed by atoms with van der Waals surface area (Å²) in [6.07, 6.45) is 0.923. The van der Waals surface area contributed by atoms with Gasteiger partial charge in [0.2, 0.25) is 5.91 Å². The lowest BCUT2D eigenvalue weighted by Crippen LogP contribution is -2.56. The number of anilines is 1. The highest BCUT2D eigenvalue weighted by Gasteiger charge is 2.37. The fraction of sp³-hybridized carbons (Fsp3) is 0.333. The number of hydrogen-bond donors (Lipinski definition) is 1. The van der Waals surface area contributed by atoms with E-state index in [0.717, 1.165) is 30.0 Å². The van der Waals surface area contributed by atoms with Crippen molar-refractivity contribution in [3.63, 3.8) is 0 Å². The second-order valence-corrected chi connectivity index (χ2v) is 7.43. The Morgan fingerprint density at radius 3 is 2.85 bits per heavy atom. The molecule has 140 valence electrons. The monoisotopic (exact) mass is 381 g/mol. The van der Waals surface area contributed by atoms with Gasteiger partial charge in [-0.2, -0.15) is 0 Å². The first-order chi connectivity index (χ1) is 13.1. The number of piperazine rings is 1. The average molecular weight is 382 g/mol. The number of nitrogens with zero attached hydrogens (tertiary/aromatic N) is 2. The van der Waals surface area contributed by atoms with Crippen LogP contribution in [0.4, 0.5) is 5.69 Å². The van der Waals surface area contributed by atoms with Crippen molar-refractivity contribution in [3.05, 3.63) is 59.2 Å². The van der Waals surface area contributed by atoms with E-state index in [-0.39, 0.29) is 11.9 Å². The van der Waals surface area contributed by atoms with Crippen LogP contribution >= 0.6 is 12.2 Å². The van der Waals surface area contributed by atoms with Gasteiger partial charge in [-0.25, -0.2) is 0 Å². The zero-order valence-electron chi connectivity index (χ0n) is 15.6. The number of carbonyl (C=O) groups excluding carboxylic acids is 1. The second kappa shape index (κ2) is 7.19. The van der Waals surface area contributed by atoms with Crippen LogP contribution in [0.1, 0.15) is 22.7 Å². The van der Waals surface area contributed by atoms with Gasteiger partial charge in [-0.1, -0.05) is 24.3 Å². The zero-order chi connectivity index (χ0) is 19.0. The van der Waals surface area contributed by atoms with Crippen molar-refractivity contribution < 1.29 is 9.53 Å². The Hall–Kier alpha value is -2.60. The number of amides is 1. The van der Waals surface area contributed by atoms with Crippen molar-refractivity contribution in [1.29, 1.82) is 0 Å². The molecule has 27 heavy (non-hydrogen) atoms. The molecule has 1 saturated heterocycles. The maximum atomic E-state index is 12.7. The number of methoxy groups -OCH3 is 1. The third-order valence-electron chi connectivity index (χ3n) is 5.41. The van der Waals surface area contributed by atoms with Crippen molar-refractivity contribution in [2.24, 2.45) is 0 Å². The molecule has 2 aromatic rings. The number of carbonyl (C=O) groups is 1. The molecule has 2 heterocycles. The summed E-state index contributed by atoms with van der Waals surface area (Å²) in [6, 6.07) is 14.3. The quantitative estimate of drug-likeness (QED) is 0.810. The molecule has 0 spiro atoms. The zero-order valence-corrected chi connectivity index (χ0v) is 16.4. The smallest absolute Gasteiger partial charge is 0.242 e. The molecule has 0 radical (unpaired) electrons. The second-order valence-electron chi connectivity index (χ2n) is 7.04. The van der Waals surface area contributed by atoms with Gasteiger partial charge < -0.3 is 19.9 Å². The van der Waals surface area contributed by atoms with Gasteiger partial charge in [0.25, 0.3) is 0 Å². The van der Waals surface area contributed by atoms with Crippen molar-refractivity contribution >= 4 is 28.9 Å². The Bertz CT molecular complexity index is 899. The highest BCUT2D eigenvalue weighted by atomic mass is 32.1. The van der Waals surface area contributed by atoms with Gasteiger partial charge >= 0.3 is 0 Å². The van der Waals surface area contributed by atoms with Crippen LogP contribution in [-0.2, 0) is 11.2 Å². The number of aryl methyl sites for hydroxylation is 1. The van der Waals surface area contributed by atoms with Crippen LogP contribution in [-0.4, -0.2) is 47.6 Å². The van der Waals surface area contributed by atoms with Crippen molar-refractivity contribution in [3.8, 4) is 5.75 Å². The summed E-state index contributed by atoms with van der Waals surface area (Å²) < 4.78 is 5.26. The molecule has 0 aromatic heterocycles. The standard InChI is InChI=1S/C21H23N3O2S/c1-14-11-16(26-2)7-8-18(14)22-21(27)23-12-19-17-6-4-3-5-15(17)9-10-24(19)20(25)13-23/h3-8,11,19H,9-10,12-13H2,1-2H3,(H,22,27)/t19-/m0/s1. The number of thiocarbonyl (C=S) groups is 1. The Kier molecular flexibility index (Phi) is 4.74. The fourth-order valence-electron chi connectivity index (χ4n) is 3.93. The van der Waals surface area contributed by atoms with Crippen molar-refractivity contribution in [2.45, 2.75) is 19.4 Å². The molecule has 1 N–H and O–H groups in total. The summed E-state index contributed by atoms with van der Waals surface area (Å²) in [7, 11) is 1.65. The molecule has 2 aromatic carbocycles. The van der Waals surface area contributed by atoms with E-state index < -0.39 is 0 Å².